The van der Waals surface area contributed by atoms with Crippen LogP contribution in [-0.2, 0) is 11.2 Å². The summed E-state index contributed by atoms with van der Waals surface area (Å²) in [6.07, 6.45) is 4.50. The second kappa shape index (κ2) is 5.75. The number of amides is 1. The van der Waals surface area contributed by atoms with E-state index in [1.165, 1.54) is 0 Å². The molecule has 1 amide bonds. The van der Waals surface area contributed by atoms with Crippen molar-refractivity contribution in [3.63, 3.8) is 0 Å². The number of hydrogen-bond donors (Lipinski definition) is 3. The van der Waals surface area contributed by atoms with Crippen LogP contribution in [-0.4, -0.2) is 34.7 Å². The second-order valence-electron chi connectivity index (χ2n) is 5.52. The third-order valence-corrected chi connectivity index (χ3v) is 4.11. The molecule has 0 saturated carbocycles. The minimum Gasteiger partial charge on any atom is -0.354 e. The standard InChI is InChI=1S/C15H21N5O/c16-19-9-3-6-14(19)15(21)18-8-7-11-10-20(17)13-5-2-1-4-12(11)13/h1-2,4-5,10,14H,3,6-9,16-17H2,(H,18,21). The van der Waals surface area contributed by atoms with E-state index >= 15 is 0 Å². The highest BCUT2D eigenvalue weighted by molar-refractivity contribution is 5.84. The molecular formula is C15H21N5O. The Morgan fingerprint density at radius 1 is 1.33 bits per heavy atom. The summed E-state index contributed by atoms with van der Waals surface area (Å²) < 4.78 is 1.63. The highest BCUT2D eigenvalue weighted by atomic mass is 16.2. The highest BCUT2D eigenvalue weighted by Crippen LogP contribution is 2.19. The van der Waals surface area contributed by atoms with Gasteiger partial charge in [-0.25, -0.2) is 5.01 Å². The van der Waals surface area contributed by atoms with Crippen molar-refractivity contribution in [3.8, 4) is 0 Å². The number of hydrogen-bond acceptors (Lipinski definition) is 4. The number of nitrogen functional groups attached to an aromatic ring is 1. The van der Waals surface area contributed by atoms with Gasteiger partial charge in [0.2, 0.25) is 5.91 Å². The number of nitrogens with zero attached hydrogens (tertiary/aromatic N) is 2. The number of hydrazine groups is 1. The number of benzene rings is 1. The summed E-state index contributed by atoms with van der Waals surface area (Å²) in [7, 11) is 0. The van der Waals surface area contributed by atoms with Crippen molar-refractivity contribution >= 4 is 16.8 Å². The summed E-state index contributed by atoms with van der Waals surface area (Å²) in [4.78, 5) is 12.1. The lowest BCUT2D eigenvalue weighted by Gasteiger charge is -2.18. The fraction of sp³-hybridized carbons (Fsp3) is 0.400. The van der Waals surface area contributed by atoms with E-state index < -0.39 is 0 Å². The zero-order valence-electron chi connectivity index (χ0n) is 12.0. The molecule has 1 aromatic carbocycles. The Bertz CT molecular complexity index is 651. The predicted octanol–water partition coefficient (Wildman–Crippen LogP) is 0.352. The molecule has 1 atom stereocenters. The predicted molar refractivity (Wildman–Crippen MR) is 82.7 cm³/mol. The van der Waals surface area contributed by atoms with Crippen LogP contribution in [0, 0.1) is 0 Å². The molecule has 0 aliphatic carbocycles. The van der Waals surface area contributed by atoms with Gasteiger partial charge in [0.15, 0.2) is 0 Å². The van der Waals surface area contributed by atoms with E-state index in [-0.39, 0.29) is 11.9 Å². The maximum atomic E-state index is 12.1. The molecular weight excluding hydrogens is 266 g/mol. The van der Waals surface area contributed by atoms with Gasteiger partial charge in [0.25, 0.3) is 0 Å². The summed E-state index contributed by atoms with van der Waals surface area (Å²) in [5, 5.41) is 5.73. The Kier molecular flexibility index (Phi) is 3.81. The van der Waals surface area contributed by atoms with Crippen molar-refractivity contribution < 1.29 is 4.79 Å². The summed E-state index contributed by atoms with van der Waals surface area (Å²) >= 11 is 0. The molecule has 0 spiro atoms. The molecule has 1 fully saturated rings. The quantitative estimate of drug-likeness (QED) is 0.708. The van der Waals surface area contributed by atoms with Gasteiger partial charge in [0, 0.05) is 24.7 Å². The van der Waals surface area contributed by atoms with Crippen LogP contribution in [0.25, 0.3) is 10.9 Å². The molecule has 0 bridgehead atoms. The van der Waals surface area contributed by atoms with E-state index in [0.29, 0.717) is 6.54 Å². The van der Waals surface area contributed by atoms with E-state index in [2.05, 4.69) is 11.4 Å². The number of carbonyl (C=O) groups excluding carboxylic acids is 1. The van der Waals surface area contributed by atoms with Crippen LogP contribution in [0.4, 0.5) is 0 Å². The normalized spacial score (nSPS) is 19.2. The average molecular weight is 287 g/mol. The highest BCUT2D eigenvalue weighted by Gasteiger charge is 2.27. The monoisotopic (exact) mass is 287 g/mol. The first-order valence-electron chi connectivity index (χ1n) is 7.30. The van der Waals surface area contributed by atoms with E-state index in [4.69, 9.17) is 11.7 Å². The molecule has 3 rings (SSSR count). The van der Waals surface area contributed by atoms with Crippen LogP contribution in [0.3, 0.4) is 0 Å². The number of rotatable bonds is 4. The van der Waals surface area contributed by atoms with Crippen LogP contribution in [0.15, 0.2) is 30.5 Å². The van der Waals surface area contributed by atoms with E-state index in [0.717, 1.165) is 42.3 Å². The number of fused-ring (bicyclic) bond motifs is 1. The maximum Gasteiger partial charge on any atom is 0.238 e. The first-order valence-corrected chi connectivity index (χ1v) is 7.30. The van der Waals surface area contributed by atoms with Crippen LogP contribution in [0.2, 0.25) is 0 Å². The van der Waals surface area contributed by atoms with Gasteiger partial charge >= 0.3 is 0 Å². The molecule has 1 saturated heterocycles. The average Bonchev–Trinajstić information content (AvgIpc) is 3.04. The smallest absolute Gasteiger partial charge is 0.238 e. The Hall–Kier alpha value is -2.05. The maximum absolute atomic E-state index is 12.1. The Morgan fingerprint density at radius 3 is 2.90 bits per heavy atom. The molecule has 112 valence electrons. The molecule has 6 heteroatoms. The summed E-state index contributed by atoms with van der Waals surface area (Å²) in [5.41, 5.74) is 2.15. The fourth-order valence-corrected chi connectivity index (χ4v) is 2.99. The van der Waals surface area contributed by atoms with Gasteiger partial charge in [-0.05, 0) is 30.9 Å². The largest absolute Gasteiger partial charge is 0.354 e. The number of aromatic nitrogens is 1. The minimum atomic E-state index is -0.180. The first-order chi connectivity index (χ1) is 10.2. The molecule has 0 radical (unpaired) electrons. The SMILES string of the molecule is NN1CCCC1C(=O)NCCc1cn(N)c2ccccc12. The molecule has 1 unspecified atom stereocenters. The lowest BCUT2D eigenvalue weighted by molar-refractivity contribution is -0.125. The molecule has 1 aromatic heterocycles. The molecule has 5 N–H and O–H groups in total. The second-order valence-corrected chi connectivity index (χ2v) is 5.52. The van der Waals surface area contributed by atoms with E-state index in [9.17, 15) is 4.79 Å². The van der Waals surface area contributed by atoms with Crippen LogP contribution in [0.1, 0.15) is 18.4 Å². The van der Waals surface area contributed by atoms with Crippen molar-refractivity contribution in [2.45, 2.75) is 25.3 Å². The Morgan fingerprint density at radius 2 is 2.14 bits per heavy atom. The van der Waals surface area contributed by atoms with Crippen molar-refractivity contribution in [2.24, 2.45) is 5.84 Å². The number of nitrogens with two attached hydrogens (primary N) is 2. The van der Waals surface area contributed by atoms with Crippen molar-refractivity contribution in [1.29, 1.82) is 0 Å². The van der Waals surface area contributed by atoms with Gasteiger partial charge in [0.1, 0.15) is 6.04 Å². The Balaban J connectivity index is 1.61. The van der Waals surface area contributed by atoms with Crippen LogP contribution in [0.5, 0.6) is 0 Å². The third kappa shape index (κ3) is 2.72. The van der Waals surface area contributed by atoms with Crippen molar-refractivity contribution in [1.82, 2.24) is 15.0 Å². The number of para-hydroxylation sites is 1. The van der Waals surface area contributed by atoms with Gasteiger partial charge in [-0.1, -0.05) is 18.2 Å². The van der Waals surface area contributed by atoms with Crippen molar-refractivity contribution in [2.75, 3.05) is 18.9 Å². The number of nitrogens with one attached hydrogen (secondary N) is 1. The zero-order valence-corrected chi connectivity index (χ0v) is 12.0. The lowest BCUT2D eigenvalue weighted by Crippen LogP contribution is -2.46. The van der Waals surface area contributed by atoms with Gasteiger partial charge in [-0.15, -0.1) is 0 Å². The summed E-state index contributed by atoms with van der Waals surface area (Å²) in [6, 6.07) is 7.82. The molecule has 1 aliphatic heterocycles. The summed E-state index contributed by atoms with van der Waals surface area (Å²) in [6.45, 7) is 1.38. The van der Waals surface area contributed by atoms with Gasteiger partial charge in [-0.3, -0.25) is 15.3 Å². The topological polar surface area (TPSA) is 89.3 Å². The minimum absolute atomic E-state index is 0.0199. The first kappa shape index (κ1) is 13.9. The molecule has 2 heterocycles. The molecule has 6 nitrogen and oxygen atoms in total. The van der Waals surface area contributed by atoms with Crippen LogP contribution < -0.4 is 17.0 Å². The van der Waals surface area contributed by atoms with E-state index in [1.54, 1.807) is 9.69 Å². The fourth-order valence-electron chi connectivity index (χ4n) is 2.99. The van der Waals surface area contributed by atoms with Crippen molar-refractivity contribution in [3.05, 3.63) is 36.0 Å². The number of carbonyl (C=O) groups is 1. The third-order valence-electron chi connectivity index (χ3n) is 4.11. The Labute approximate surface area is 123 Å². The van der Waals surface area contributed by atoms with Gasteiger partial charge in [0.05, 0.1) is 5.52 Å². The van der Waals surface area contributed by atoms with Gasteiger partial charge < -0.3 is 11.2 Å². The molecule has 1 aliphatic rings. The molecule has 2 aromatic rings. The van der Waals surface area contributed by atoms with Gasteiger partial charge in [-0.2, -0.15) is 0 Å². The molecule has 21 heavy (non-hydrogen) atoms. The zero-order chi connectivity index (χ0) is 14.8. The van der Waals surface area contributed by atoms with Crippen LogP contribution >= 0.6 is 0 Å². The lowest BCUT2D eigenvalue weighted by atomic mass is 10.1. The van der Waals surface area contributed by atoms with E-state index in [1.807, 2.05) is 24.4 Å². The summed E-state index contributed by atoms with van der Waals surface area (Å²) in [5.74, 6) is 11.7.